The van der Waals surface area contributed by atoms with Gasteiger partial charge >= 0.3 is 5.97 Å². The van der Waals surface area contributed by atoms with Crippen LogP contribution in [0.1, 0.15) is 11.1 Å². The average Bonchev–Trinajstić information content (AvgIpc) is 2.89. The molecular weight excluding hydrogens is 295 g/mol. The zero-order chi connectivity index (χ0) is 16.4. The number of ether oxygens (including phenoxy) is 1. The van der Waals surface area contributed by atoms with Crippen LogP contribution in [0.2, 0.25) is 0 Å². The van der Waals surface area contributed by atoms with Gasteiger partial charge in [0.15, 0.2) is 5.70 Å². The summed E-state index contributed by atoms with van der Waals surface area (Å²) in [5.41, 5.74) is 2.20. The first-order valence-electron chi connectivity index (χ1n) is 7.09. The highest BCUT2D eigenvalue weighted by atomic mass is 19.1. The molecule has 0 amide bonds. The van der Waals surface area contributed by atoms with Gasteiger partial charge in [-0.15, -0.1) is 0 Å². The van der Waals surface area contributed by atoms with E-state index in [1.54, 1.807) is 18.2 Å². The lowest BCUT2D eigenvalue weighted by Crippen LogP contribution is -2.08. The minimum atomic E-state index is -0.583. The van der Waals surface area contributed by atoms with Gasteiger partial charge in [0.2, 0.25) is 5.90 Å². The third-order valence-electron chi connectivity index (χ3n) is 3.44. The molecule has 0 aliphatic carbocycles. The highest BCUT2D eigenvalue weighted by Crippen LogP contribution is 2.21. The van der Waals surface area contributed by atoms with Crippen molar-refractivity contribution in [1.29, 1.82) is 0 Å². The van der Waals surface area contributed by atoms with E-state index < -0.39 is 11.8 Å². The molecule has 0 radical (unpaired) electrons. The minimum absolute atomic E-state index is 0.00994. The third kappa shape index (κ3) is 3.13. The largest absolute Gasteiger partial charge is 0.402 e. The second kappa shape index (κ2) is 6.04. The number of aliphatic imine (C=N–C) groups is 1. The Morgan fingerprint density at radius 1 is 1.09 bits per heavy atom. The molecule has 2 aromatic carbocycles. The minimum Gasteiger partial charge on any atom is -0.402 e. The SMILES string of the molecule is CN(C)c1ccc(/C=C2\N=C(c3ccccc3F)OC2=O)cc1. The number of carbonyl (C=O) groups is 1. The van der Waals surface area contributed by atoms with Crippen LogP contribution >= 0.6 is 0 Å². The number of esters is 1. The van der Waals surface area contributed by atoms with E-state index in [0.29, 0.717) is 0 Å². The lowest BCUT2D eigenvalue weighted by Gasteiger charge is -2.11. The number of halogens is 1. The topological polar surface area (TPSA) is 41.9 Å². The molecule has 0 spiro atoms. The number of anilines is 1. The Labute approximate surface area is 133 Å². The van der Waals surface area contributed by atoms with Crippen LogP contribution in [0, 0.1) is 5.82 Å². The summed E-state index contributed by atoms with van der Waals surface area (Å²) in [6.07, 6.45) is 1.62. The first-order chi connectivity index (χ1) is 11.0. The lowest BCUT2D eigenvalue weighted by molar-refractivity contribution is -0.129. The monoisotopic (exact) mass is 310 g/mol. The van der Waals surface area contributed by atoms with Crippen molar-refractivity contribution in [3.05, 3.63) is 71.2 Å². The molecule has 3 rings (SSSR count). The third-order valence-corrected chi connectivity index (χ3v) is 3.44. The molecule has 4 nitrogen and oxygen atoms in total. The van der Waals surface area contributed by atoms with Gasteiger partial charge in [0, 0.05) is 19.8 Å². The van der Waals surface area contributed by atoms with Crippen molar-refractivity contribution in [1.82, 2.24) is 0 Å². The Morgan fingerprint density at radius 2 is 1.78 bits per heavy atom. The fourth-order valence-electron chi connectivity index (χ4n) is 2.19. The summed E-state index contributed by atoms with van der Waals surface area (Å²) in [5, 5.41) is 0. The molecule has 23 heavy (non-hydrogen) atoms. The fourth-order valence-corrected chi connectivity index (χ4v) is 2.19. The summed E-state index contributed by atoms with van der Waals surface area (Å²) < 4.78 is 18.8. The molecule has 0 atom stereocenters. The van der Waals surface area contributed by atoms with Gasteiger partial charge in [-0.2, -0.15) is 0 Å². The van der Waals surface area contributed by atoms with Crippen LogP contribution in [0.5, 0.6) is 0 Å². The normalized spacial score (nSPS) is 15.5. The van der Waals surface area contributed by atoms with E-state index >= 15 is 0 Å². The number of benzene rings is 2. The predicted octanol–water partition coefficient (Wildman–Crippen LogP) is 3.24. The standard InChI is InChI=1S/C18H15FN2O2/c1-21(2)13-9-7-12(8-10-13)11-16-18(22)23-17(20-16)14-5-3-4-6-15(14)19/h3-11H,1-2H3/b16-11-. The number of hydrogen-bond donors (Lipinski definition) is 0. The molecule has 0 saturated carbocycles. The molecule has 1 aliphatic rings. The Bertz CT molecular complexity index is 808. The molecule has 0 N–H and O–H groups in total. The zero-order valence-corrected chi connectivity index (χ0v) is 12.8. The Kier molecular flexibility index (Phi) is 3.93. The molecule has 0 fully saturated rings. The van der Waals surface area contributed by atoms with E-state index in [2.05, 4.69) is 4.99 Å². The van der Waals surface area contributed by atoms with Crippen molar-refractivity contribution in [2.45, 2.75) is 0 Å². The van der Waals surface area contributed by atoms with Crippen molar-refractivity contribution < 1.29 is 13.9 Å². The molecule has 0 aromatic heterocycles. The van der Waals surface area contributed by atoms with E-state index in [0.717, 1.165) is 11.3 Å². The first kappa shape index (κ1) is 15.0. The number of nitrogens with zero attached hydrogens (tertiary/aromatic N) is 2. The van der Waals surface area contributed by atoms with Crippen molar-refractivity contribution in [2.24, 2.45) is 4.99 Å². The first-order valence-corrected chi connectivity index (χ1v) is 7.09. The van der Waals surface area contributed by atoms with Crippen LogP contribution in [0.15, 0.2) is 59.2 Å². The fraction of sp³-hybridized carbons (Fsp3) is 0.111. The van der Waals surface area contributed by atoms with Gasteiger partial charge in [-0.3, -0.25) is 0 Å². The quantitative estimate of drug-likeness (QED) is 0.645. The van der Waals surface area contributed by atoms with Crippen LogP contribution in [0.25, 0.3) is 6.08 Å². The highest BCUT2D eigenvalue weighted by molar-refractivity contribution is 6.12. The number of hydrogen-bond acceptors (Lipinski definition) is 4. The van der Waals surface area contributed by atoms with Crippen LogP contribution in [0.3, 0.4) is 0 Å². The van der Waals surface area contributed by atoms with Crippen molar-refractivity contribution in [3.63, 3.8) is 0 Å². The average molecular weight is 310 g/mol. The summed E-state index contributed by atoms with van der Waals surface area (Å²) in [6, 6.07) is 13.7. The van der Waals surface area contributed by atoms with Gasteiger partial charge in [-0.1, -0.05) is 24.3 Å². The van der Waals surface area contributed by atoms with E-state index in [-0.39, 0.29) is 17.2 Å². The summed E-state index contributed by atoms with van der Waals surface area (Å²) in [7, 11) is 3.90. The molecule has 1 heterocycles. The second-order valence-corrected chi connectivity index (χ2v) is 5.30. The molecule has 0 unspecified atom stereocenters. The van der Waals surface area contributed by atoms with Gasteiger partial charge in [-0.25, -0.2) is 14.2 Å². The molecular formula is C18H15FN2O2. The smallest absolute Gasteiger partial charge is 0.363 e. The van der Waals surface area contributed by atoms with Crippen molar-refractivity contribution in [3.8, 4) is 0 Å². The molecule has 5 heteroatoms. The van der Waals surface area contributed by atoms with Gasteiger partial charge in [-0.05, 0) is 35.9 Å². The van der Waals surface area contributed by atoms with E-state index in [4.69, 9.17) is 4.74 Å². The molecule has 2 aromatic rings. The van der Waals surface area contributed by atoms with E-state index in [1.807, 2.05) is 43.3 Å². The Balaban J connectivity index is 1.90. The number of carbonyl (C=O) groups excluding carboxylic acids is 1. The van der Waals surface area contributed by atoms with Crippen molar-refractivity contribution >= 4 is 23.6 Å². The maximum atomic E-state index is 13.7. The summed E-state index contributed by atoms with van der Waals surface area (Å²) in [4.78, 5) is 18.0. The van der Waals surface area contributed by atoms with Gasteiger partial charge < -0.3 is 9.64 Å². The molecule has 0 saturated heterocycles. The van der Waals surface area contributed by atoms with E-state index in [9.17, 15) is 9.18 Å². The second-order valence-electron chi connectivity index (χ2n) is 5.30. The lowest BCUT2D eigenvalue weighted by atomic mass is 10.1. The number of cyclic esters (lactones) is 1. The van der Waals surface area contributed by atoms with Crippen LogP contribution in [0.4, 0.5) is 10.1 Å². The summed E-state index contributed by atoms with van der Waals surface area (Å²) in [6.45, 7) is 0. The molecule has 116 valence electrons. The zero-order valence-electron chi connectivity index (χ0n) is 12.8. The van der Waals surface area contributed by atoms with Gasteiger partial charge in [0.1, 0.15) is 5.82 Å². The molecule has 0 bridgehead atoms. The maximum Gasteiger partial charge on any atom is 0.363 e. The summed E-state index contributed by atoms with van der Waals surface area (Å²) >= 11 is 0. The van der Waals surface area contributed by atoms with Crippen LogP contribution in [-0.2, 0) is 9.53 Å². The Hall–Kier alpha value is -2.95. The van der Waals surface area contributed by atoms with Gasteiger partial charge in [0.25, 0.3) is 0 Å². The van der Waals surface area contributed by atoms with Crippen LogP contribution in [-0.4, -0.2) is 26.0 Å². The van der Waals surface area contributed by atoms with E-state index in [1.165, 1.54) is 12.1 Å². The molecule has 1 aliphatic heterocycles. The Morgan fingerprint density at radius 3 is 2.43 bits per heavy atom. The van der Waals surface area contributed by atoms with Crippen LogP contribution < -0.4 is 4.90 Å². The highest BCUT2D eigenvalue weighted by Gasteiger charge is 2.25. The summed E-state index contributed by atoms with van der Waals surface area (Å²) in [5.74, 6) is -1.07. The maximum absolute atomic E-state index is 13.7. The van der Waals surface area contributed by atoms with Crippen molar-refractivity contribution in [2.75, 3.05) is 19.0 Å². The number of rotatable bonds is 3. The predicted molar refractivity (Wildman–Crippen MR) is 87.8 cm³/mol. The van der Waals surface area contributed by atoms with Gasteiger partial charge in [0.05, 0.1) is 5.56 Å².